The molecule has 2 unspecified atom stereocenters. The normalized spacial score (nSPS) is 14.0. The Morgan fingerprint density at radius 2 is 1.17 bits per heavy atom. The molecule has 3 N–H and O–H groups in total. The van der Waals surface area contributed by atoms with Crippen LogP contribution >= 0.6 is 0 Å². The third kappa shape index (κ3) is 29.8. The quantitative estimate of drug-likeness (QED) is 0.0453. The van der Waals surface area contributed by atoms with Gasteiger partial charge in [0.2, 0.25) is 5.91 Å². The summed E-state index contributed by atoms with van der Waals surface area (Å²) >= 11 is 0. The van der Waals surface area contributed by atoms with Crippen molar-refractivity contribution in [3.63, 3.8) is 0 Å². The van der Waals surface area contributed by atoms with Crippen molar-refractivity contribution in [2.75, 3.05) is 5.75 Å². The Morgan fingerprint density at radius 3 is 1.73 bits per heavy atom. The van der Waals surface area contributed by atoms with E-state index in [1.54, 1.807) is 0 Å². The molecule has 0 radical (unpaired) electrons. The van der Waals surface area contributed by atoms with Gasteiger partial charge in [0, 0.05) is 6.42 Å². The molecular weight excluding hydrogens is 534 g/mol. The molecule has 0 spiro atoms. The molecule has 0 rings (SSSR count). The van der Waals surface area contributed by atoms with E-state index in [1.807, 2.05) is 0 Å². The van der Waals surface area contributed by atoms with Gasteiger partial charge in [0.25, 0.3) is 10.1 Å². The Bertz CT molecular complexity index is 791. The molecule has 2 atom stereocenters. The highest BCUT2D eigenvalue weighted by molar-refractivity contribution is 7.85. The maximum Gasteiger partial charge on any atom is 0.266 e. The summed E-state index contributed by atoms with van der Waals surface area (Å²) in [5, 5.41) is 13.2. The number of amides is 1. The van der Waals surface area contributed by atoms with Crippen molar-refractivity contribution in [2.45, 2.75) is 167 Å². The maximum absolute atomic E-state index is 12.4. The SMILES string of the molecule is CC/C=C\C/C=C\C/C=C\CCCCCCCCCC(=O)NC(CS(=O)(=O)O)C(O)CCCCCCCCCCC. The minimum Gasteiger partial charge on any atom is -0.391 e. The van der Waals surface area contributed by atoms with Crippen molar-refractivity contribution in [2.24, 2.45) is 0 Å². The second-order valence-electron chi connectivity index (χ2n) is 11.4. The van der Waals surface area contributed by atoms with Crippen LogP contribution in [0.5, 0.6) is 0 Å². The van der Waals surface area contributed by atoms with Crippen LogP contribution in [0.4, 0.5) is 0 Å². The van der Waals surface area contributed by atoms with Crippen LogP contribution in [-0.4, -0.2) is 41.9 Å². The molecule has 0 aliphatic carbocycles. The van der Waals surface area contributed by atoms with Gasteiger partial charge in [0.1, 0.15) is 0 Å². The van der Waals surface area contributed by atoms with E-state index in [2.05, 4.69) is 55.6 Å². The lowest BCUT2D eigenvalue weighted by Crippen LogP contribution is -2.47. The molecule has 0 aromatic rings. The highest BCUT2D eigenvalue weighted by Gasteiger charge is 2.26. The smallest absolute Gasteiger partial charge is 0.266 e. The maximum atomic E-state index is 12.4. The number of unbranched alkanes of at least 4 members (excludes halogenated alkanes) is 15. The van der Waals surface area contributed by atoms with Crippen molar-refractivity contribution in [3.05, 3.63) is 36.5 Å². The molecule has 7 heteroatoms. The van der Waals surface area contributed by atoms with Crippen molar-refractivity contribution < 1.29 is 22.9 Å². The number of hydrogen-bond donors (Lipinski definition) is 3. The highest BCUT2D eigenvalue weighted by Crippen LogP contribution is 2.14. The monoisotopic (exact) mass is 597 g/mol. The number of aliphatic hydroxyl groups excluding tert-OH is 1. The van der Waals surface area contributed by atoms with Gasteiger partial charge in [-0.1, -0.05) is 140 Å². The van der Waals surface area contributed by atoms with Crippen LogP contribution in [0.15, 0.2) is 36.5 Å². The van der Waals surface area contributed by atoms with Crippen molar-refractivity contribution in [3.8, 4) is 0 Å². The fourth-order valence-corrected chi connectivity index (χ4v) is 5.64. The Kier molecular flexibility index (Phi) is 27.7. The first-order valence-corrected chi connectivity index (χ1v) is 18.3. The van der Waals surface area contributed by atoms with Gasteiger partial charge >= 0.3 is 0 Å². The molecular formula is C34H63NO5S. The first-order chi connectivity index (χ1) is 19.8. The minimum atomic E-state index is -4.30. The first-order valence-electron chi connectivity index (χ1n) is 16.7. The average Bonchev–Trinajstić information content (AvgIpc) is 2.92. The number of hydrogen-bond acceptors (Lipinski definition) is 4. The standard InChI is InChI=1S/C34H63NO5S/c1-3-5-7-9-11-13-14-15-16-17-18-19-20-22-24-26-28-30-34(37)35-32(31-41(38,39)40)33(36)29-27-25-23-21-12-10-8-6-4-2/h5,7,11,13,15-16,32-33,36H,3-4,6,8-10,12,14,17-31H2,1-2H3,(H,35,37)(H,38,39,40)/b7-5-,13-11-,16-15-. The molecule has 0 aromatic heterocycles. The summed E-state index contributed by atoms with van der Waals surface area (Å²) < 4.78 is 32.2. The van der Waals surface area contributed by atoms with E-state index in [9.17, 15) is 22.9 Å². The van der Waals surface area contributed by atoms with Crippen molar-refractivity contribution in [1.82, 2.24) is 5.32 Å². The third-order valence-electron chi connectivity index (χ3n) is 7.36. The minimum absolute atomic E-state index is 0.260. The molecule has 0 saturated heterocycles. The lowest BCUT2D eigenvalue weighted by Gasteiger charge is -2.23. The molecule has 0 saturated carbocycles. The third-order valence-corrected chi connectivity index (χ3v) is 8.14. The lowest BCUT2D eigenvalue weighted by atomic mass is 10.0. The fourth-order valence-electron chi connectivity index (χ4n) is 4.88. The summed E-state index contributed by atoms with van der Waals surface area (Å²) in [6, 6.07) is -0.973. The summed E-state index contributed by atoms with van der Waals surface area (Å²) in [5.41, 5.74) is 0. The Labute approximate surface area is 253 Å². The van der Waals surface area contributed by atoms with Crippen LogP contribution in [0, 0.1) is 0 Å². The van der Waals surface area contributed by atoms with Gasteiger partial charge in [-0.05, 0) is 44.9 Å². The van der Waals surface area contributed by atoms with Gasteiger partial charge in [-0.3, -0.25) is 9.35 Å². The van der Waals surface area contributed by atoms with Gasteiger partial charge in [-0.25, -0.2) is 0 Å². The lowest BCUT2D eigenvalue weighted by molar-refractivity contribution is -0.122. The van der Waals surface area contributed by atoms with E-state index in [0.29, 0.717) is 12.8 Å². The summed E-state index contributed by atoms with van der Waals surface area (Å²) in [6.45, 7) is 4.36. The van der Waals surface area contributed by atoms with E-state index in [0.717, 1.165) is 70.6 Å². The van der Waals surface area contributed by atoms with Crippen LogP contribution in [0.25, 0.3) is 0 Å². The van der Waals surface area contributed by atoms with E-state index in [-0.39, 0.29) is 5.91 Å². The van der Waals surface area contributed by atoms with Crippen LogP contribution in [0.2, 0.25) is 0 Å². The number of carbonyl (C=O) groups excluding carboxylic acids is 1. The zero-order valence-corrected chi connectivity index (χ0v) is 27.2. The van der Waals surface area contributed by atoms with Gasteiger partial charge in [-0.2, -0.15) is 8.42 Å². The summed E-state index contributed by atoms with van der Waals surface area (Å²) in [4.78, 5) is 12.4. The van der Waals surface area contributed by atoms with Crippen molar-refractivity contribution >= 4 is 16.0 Å². The Morgan fingerprint density at radius 1 is 0.683 bits per heavy atom. The van der Waals surface area contributed by atoms with E-state index in [4.69, 9.17) is 0 Å². The first kappa shape index (κ1) is 39.6. The number of carbonyl (C=O) groups is 1. The van der Waals surface area contributed by atoms with Gasteiger partial charge in [0.15, 0.2) is 0 Å². The summed E-state index contributed by atoms with van der Waals surface area (Å²) in [5.74, 6) is -0.913. The van der Waals surface area contributed by atoms with Crippen LogP contribution in [-0.2, 0) is 14.9 Å². The molecule has 0 aromatic carbocycles. The average molecular weight is 598 g/mol. The fraction of sp³-hybridized carbons (Fsp3) is 0.794. The molecule has 41 heavy (non-hydrogen) atoms. The molecule has 1 amide bonds. The second-order valence-corrected chi connectivity index (χ2v) is 12.9. The molecule has 0 heterocycles. The van der Waals surface area contributed by atoms with Crippen LogP contribution in [0.3, 0.4) is 0 Å². The molecule has 240 valence electrons. The molecule has 0 aliphatic rings. The Balaban J connectivity index is 3.95. The zero-order chi connectivity index (χ0) is 30.4. The topological polar surface area (TPSA) is 104 Å². The van der Waals surface area contributed by atoms with Gasteiger partial charge < -0.3 is 10.4 Å². The van der Waals surface area contributed by atoms with E-state index < -0.39 is 28.0 Å². The molecule has 0 aliphatic heterocycles. The number of rotatable bonds is 29. The van der Waals surface area contributed by atoms with E-state index in [1.165, 1.54) is 57.8 Å². The molecule has 6 nitrogen and oxygen atoms in total. The second kappa shape index (κ2) is 28.7. The number of nitrogens with one attached hydrogen (secondary N) is 1. The molecule has 0 fully saturated rings. The predicted octanol–water partition coefficient (Wildman–Crippen LogP) is 9.01. The Hall–Kier alpha value is -1.44. The van der Waals surface area contributed by atoms with Crippen LogP contribution in [0.1, 0.15) is 155 Å². The van der Waals surface area contributed by atoms with Gasteiger partial charge in [0.05, 0.1) is 17.9 Å². The highest BCUT2D eigenvalue weighted by atomic mass is 32.2. The summed E-state index contributed by atoms with van der Waals surface area (Å²) in [7, 11) is -4.30. The number of allylic oxidation sites excluding steroid dienone is 6. The van der Waals surface area contributed by atoms with Crippen LogP contribution < -0.4 is 5.32 Å². The van der Waals surface area contributed by atoms with E-state index >= 15 is 0 Å². The zero-order valence-electron chi connectivity index (χ0n) is 26.4. The largest absolute Gasteiger partial charge is 0.391 e. The van der Waals surface area contributed by atoms with Gasteiger partial charge in [-0.15, -0.1) is 0 Å². The molecule has 0 bridgehead atoms. The predicted molar refractivity (Wildman–Crippen MR) is 175 cm³/mol. The summed E-state index contributed by atoms with van der Waals surface area (Å²) in [6.07, 6.45) is 35.2. The van der Waals surface area contributed by atoms with Crippen molar-refractivity contribution in [1.29, 1.82) is 0 Å². The number of aliphatic hydroxyl groups is 1.